The summed E-state index contributed by atoms with van der Waals surface area (Å²) in [5.41, 5.74) is 4.29. The molecule has 4 rings (SSSR count). The van der Waals surface area contributed by atoms with Gasteiger partial charge in [0.1, 0.15) is 11.5 Å². The molecule has 150 valence electrons. The van der Waals surface area contributed by atoms with Gasteiger partial charge < -0.3 is 9.84 Å². The molecule has 2 aromatic carbocycles. The Bertz CT molecular complexity index is 1170. The van der Waals surface area contributed by atoms with E-state index in [1.54, 1.807) is 12.3 Å². The van der Waals surface area contributed by atoms with Crippen LogP contribution in [0, 0.1) is 0 Å². The third-order valence-electron chi connectivity index (χ3n) is 4.86. The van der Waals surface area contributed by atoms with Crippen LogP contribution in [0.1, 0.15) is 26.3 Å². The first-order chi connectivity index (χ1) is 14.4. The molecule has 0 saturated heterocycles. The molecular weight excluding hydrogens is 372 g/mol. The van der Waals surface area contributed by atoms with E-state index in [-0.39, 0.29) is 11.2 Å². The van der Waals surface area contributed by atoms with Crippen molar-refractivity contribution in [2.45, 2.75) is 26.2 Å². The number of phenolic OH excluding ortho intramolecular Hbond substituents is 1. The van der Waals surface area contributed by atoms with Crippen molar-refractivity contribution in [2.24, 2.45) is 0 Å². The van der Waals surface area contributed by atoms with E-state index in [4.69, 9.17) is 9.72 Å². The minimum Gasteiger partial charge on any atom is -0.507 e. The Hall–Kier alpha value is -3.66. The summed E-state index contributed by atoms with van der Waals surface area (Å²) in [6.45, 7) is 6.50. The average Bonchev–Trinajstić information content (AvgIpc) is 2.74. The van der Waals surface area contributed by atoms with Gasteiger partial charge in [0.05, 0.1) is 11.4 Å². The van der Waals surface area contributed by atoms with Crippen LogP contribution in [0.15, 0.2) is 85.1 Å². The van der Waals surface area contributed by atoms with Gasteiger partial charge in [0, 0.05) is 23.4 Å². The molecule has 0 aliphatic rings. The minimum absolute atomic E-state index is 0.0705. The van der Waals surface area contributed by atoms with Crippen LogP contribution in [-0.2, 0) is 5.41 Å². The molecule has 0 atom stereocenters. The van der Waals surface area contributed by atoms with Crippen LogP contribution in [0.3, 0.4) is 0 Å². The van der Waals surface area contributed by atoms with E-state index in [0.717, 1.165) is 22.5 Å². The normalized spacial score (nSPS) is 11.3. The van der Waals surface area contributed by atoms with Gasteiger partial charge in [0.2, 0.25) is 5.88 Å². The Kier molecular flexibility index (Phi) is 5.23. The molecule has 30 heavy (non-hydrogen) atoms. The number of pyridine rings is 2. The van der Waals surface area contributed by atoms with Gasteiger partial charge in [0.15, 0.2) is 0 Å². The molecule has 0 spiro atoms. The molecule has 2 heterocycles. The molecule has 0 unspecified atom stereocenters. The van der Waals surface area contributed by atoms with Crippen molar-refractivity contribution < 1.29 is 9.84 Å². The van der Waals surface area contributed by atoms with Crippen molar-refractivity contribution in [1.82, 2.24) is 9.97 Å². The summed E-state index contributed by atoms with van der Waals surface area (Å²) in [5, 5.41) is 10.4. The first kappa shape index (κ1) is 19.6. The van der Waals surface area contributed by atoms with E-state index in [1.807, 2.05) is 66.7 Å². The van der Waals surface area contributed by atoms with Crippen molar-refractivity contribution in [1.29, 1.82) is 0 Å². The van der Waals surface area contributed by atoms with Crippen molar-refractivity contribution in [3.63, 3.8) is 0 Å². The molecule has 2 aromatic heterocycles. The zero-order valence-electron chi connectivity index (χ0n) is 17.3. The Balaban J connectivity index is 1.80. The van der Waals surface area contributed by atoms with Gasteiger partial charge in [-0.3, -0.25) is 0 Å². The number of nitrogens with zero attached hydrogens (tertiary/aromatic N) is 2. The van der Waals surface area contributed by atoms with Gasteiger partial charge in [-0.05, 0) is 53.4 Å². The summed E-state index contributed by atoms with van der Waals surface area (Å²) in [5.74, 6) is 1.45. The molecule has 0 radical (unpaired) electrons. The number of phenols is 1. The van der Waals surface area contributed by atoms with Gasteiger partial charge in [-0.25, -0.2) is 9.97 Å². The van der Waals surface area contributed by atoms with Gasteiger partial charge in [-0.2, -0.15) is 0 Å². The number of aromatic hydroxyl groups is 1. The highest BCUT2D eigenvalue weighted by Gasteiger charge is 2.18. The fraction of sp³-hybridized carbons (Fsp3) is 0.154. The molecule has 0 fully saturated rings. The predicted octanol–water partition coefficient (Wildman–Crippen LogP) is 6.61. The molecule has 1 N–H and O–H groups in total. The molecule has 0 bridgehead atoms. The van der Waals surface area contributed by atoms with Gasteiger partial charge >= 0.3 is 0 Å². The van der Waals surface area contributed by atoms with Gasteiger partial charge in [-0.15, -0.1) is 0 Å². The zero-order valence-corrected chi connectivity index (χ0v) is 17.3. The second-order valence-corrected chi connectivity index (χ2v) is 8.19. The summed E-state index contributed by atoms with van der Waals surface area (Å²) >= 11 is 0. The summed E-state index contributed by atoms with van der Waals surface area (Å²) in [6.07, 6.45) is 1.70. The lowest BCUT2D eigenvalue weighted by Crippen LogP contribution is -2.12. The quantitative estimate of drug-likeness (QED) is 0.422. The number of aromatic nitrogens is 2. The number of hydrogen-bond donors (Lipinski definition) is 1. The first-order valence-corrected chi connectivity index (χ1v) is 9.90. The van der Waals surface area contributed by atoms with E-state index in [9.17, 15) is 5.11 Å². The third kappa shape index (κ3) is 4.33. The van der Waals surface area contributed by atoms with Crippen molar-refractivity contribution in [3.8, 4) is 39.9 Å². The van der Waals surface area contributed by atoms with Crippen molar-refractivity contribution >= 4 is 0 Å². The highest BCUT2D eigenvalue weighted by atomic mass is 16.5. The molecule has 4 heteroatoms. The first-order valence-electron chi connectivity index (χ1n) is 9.90. The number of benzene rings is 2. The topological polar surface area (TPSA) is 55.2 Å². The molecule has 0 aliphatic heterocycles. The lowest BCUT2D eigenvalue weighted by atomic mass is 9.85. The van der Waals surface area contributed by atoms with Crippen molar-refractivity contribution in [2.75, 3.05) is 0 Å². The molecule has 4 aromatic rings. The Morgan fingerprint density at radius 3 is 2.30 bits per heavy atom. The summed E-state index contributed by atoms with van der Waals surface area (Å²) in [6, 6.07) is 24.8. The molecule has 0 aliphatic carbocycles. The van der Waals surface area contributed by atoms with Crippen LogP contribution in [0.5, 0.6) is 17.4 Å². The highest BCUT2D eigenvalue weighted by molar-refractivity contribution is 5.72. The van der Waals surface area contributed by atoms with E-state index in [1.165, 1.54) is 0 Å². The van der Waals surface area contributed by atoms with Crippen LogP contribution >= 0.6 is 0 Å². The summed E-state index contributed by atoms with van der Waals surface area (Å²) in [4.78, 5) is 9.09. The lowest BCUT2D eigenvalue weighted by molar-refractivity contribution is 0.463. The smallest absolute Gasteiger partial charge is 0.219 e. The molecule has 4 nitrogen and oxygen atoms in total. The largest absolute Gasteiger partial charge is 0.507 e. The van der Waals surface area contributed by atoms with E-state index in [2.05, 4.69) is 31.8 Å². The van der Waals surface area contributed by atoms with E-state index in [0.29, 0.717) is 17.2 Å². The van der Waals surface area contributed by atoms with Gasteiger partial charge in [-0.1, -0.05) is 51.1 Å². The molecular formula is C26H24N2O2. The van der Waals surface area contributed by atoms with E-state index < -0.39 is 0 Å². The third-order valence-corrected chi connectivity index (χ3v) is 4.86. The monoisotopic (exact) mass is 396 g/mol. The fourth-order valence-corrected chi connectivity index (χ4v) is 3.19. The number of hydrogen-bond acceptors (Lipinski definition) is 4. The van der Waals surface area contributed by atoms with Crippen LogP contribution in [0.4, 0.5) is 0 Å². The minimum atomic E-state index is -0.0705. The zero-order chi connectivity index (χ0) is 21.1. The maximum Gasteiger partial charge on any atom is 0.219 e. The molecule has 0 amide bonds. The van der Waals surface area contributed by atoms with Crippen molar-refractivity contribution in [3.05, 3.63) is 90.6 Å². The standard InChI is InChI=1S/C26H24N2O2/c1-26(2,3)19-16-22(28-23(17-19)21-11-4-5-12-24(21)29)18-9-8-10-20(15-18)30-25-13-6-7-14-27-25/h4-17,29H,1-3H3. The van der Waals surface area contributed by atoms with Crippen LogP contribution in [-0.4, -0.2) is 15.1 Å². The average molecular weight is 396 g/mol. The van der Waals surface area contributed by atoms with Gasteiger partial charge in [0.25, 0.3) is 0 Å². The fourth-order valence-electron chi connectivity index (χ4n) is 3.19. The Morgan fingerprint density at radius 1 is 0.800 bits per heavy atom. The summed E-state index contributed by atoms with van der Waals surface area (Å²) < 4.78 is 5.89. The number of para-hydroxylation sites is 1. The second-order valence-electron chi connectivity index (χ2n) is 8.19. The Morgan fingerprint density at radius 2 is 1.57 bits per heavy atom. The number of rotatable bonds is 4. The number of ether oxygens (including phenoxy) is 1. The SMILES string of the molecule is CC(C)(C)c1cc(-c2cccc(Oc3ccccn3)c2)nc(-c2ccccc2O)c1. The summed E-state index contributed by atoms with van der Waals surface area (Å²) in [7, 11) is 0. The highest BCUT2D eigenvalue weighted by Crippen LogP contribution is 2.35. The van der Waals surface area contributed by atoms with Crippen LogP contribution < -0.4 is 4.74 Å². The lowest BCUT2D eigenvalue weighted by Gasteiger charge is -2.21. The second kappa shape index (κ2) is 7.99. The van der Waals surface area contributed by atoms with E-state index >= 15 is 0 Å². The maximum absolute atomic E-state index is 10.4. The van der Waals surface area contributed by atoms with Crippen LogP contribution in [0.25, 0.3) is 22.5 Å². The molecule has 0 saturated carbocycles. The van der Waals surface area contributed by atoms with Crippen LogP contribution in [0.2, 0.25) is 0 Å². The predicted molar refractivity (Wildman–Crippen MR) is 120 cm³/mol. The maximum atomic E-state index is 10.4. The Labute approximate surface area is 176 Å².